The lowest BCUT2D eigenvalue weighted by atomic mass is 10.2. The van der Waals surface area contributed by atoms with Crippen LogP contribution >= 0.6 is 22.7 Å². The molecule has 2 aromatic rings. The van der Waals surface area contributed by atoms with Gasteiger partial charge in [-0.1, -0.05) is 0 Å². The Hall–Kier alpha value is -1.98. The first-order valence-electron chi connectivity index (χ1n) is 12.7. The standard InChI is InChI=1S/C25H38N6O5S3.HI/c1-25(2,3)36-24(35)28-10-6-8-19(32)29-14-20(33)26-12-9-21-30-18(16-37-21)23-31-17(15-38-23)22(34)27-11-7-13-39(4)5;/h15-16H,6-14H2,1-5H3,(H3-,26,27,28,29,32,33,34,35);1H. The zero-order chi connectivity index (χ0) is 28.8. The van der Waals surface area contributed by atoms with E-state index in [1.54, 1.807) is 26.2 Å². The average molecular weight is 727 g/mol. The first-order chi connectivity index (χ1) is 18.4. The lowest BCUT2D eigenvalue weighted by Crippen LogP contribution is -3.00. The number of nitrogens with zero attached hydrogens (tertiary/aromatic N) is 2. The fraction of sp³-hybridized carbons (Fsp3) is 0.600. The predicted octanol–water partition coefficient (Wildman–Crippen LogP) is -0.652. The number of carbonyl (C=O) groups is 4. The van der Waals surface area contributed by atoms with E-state index in [1.807, 2.05) is 5.38 Å². The van der Waals surface area contributed by atoms with E-state index in [1.165, 1.54) is 22.7 Å². The van der Waals surface area contributed by atoms with Crippen molar-refractivity contribution >= 4 is 57.4 Å². The fourth-order valence-electron chi connectivity index (χ4n) is 3.07. The highest BCUT2D eigenvalue weighted by Gasteiger charge is 2.16. The summed E-state index contributed by atoms with van der Waals surface area (Å²) in [4.78, 5) is 56.8. The van der Waals surface area contributed by atoms with E-state index in [4.69, 9.17) is 4.74 Å². The van der Waals surface area contributed by atoms with Crippen LogP contribution in [0.3, 0.4) is 0 Å². The van der Waals surface area contributed by atoms with Crippen molar-refractivity contribution in [2.24, 2.45) is 0 Å². The highest BCUT2D eigenvalue weighted by Crippen LogP contribution is 2.25. The van der Waals surface area contributed by atoms with Crippen LogP contribution in [0.2, 0.25) is 0 Å². The number of amides is 4. The number of thiazole rings is 2. The molecule has 0 aliphatic carbocycles. The molecule has 4 amide bonds. The van der Waals surface area contributed by atoms with Crippen LogP contribution in [-0.2, 0) is 31.6 Å². The number of rotatable bonds is 15. The molecule has 0 aliphatic rings. The van der Waals surface area contributed by atoms with Gasteiger partial charge < -0.3 is 50.0 Å². The molecule has 0 bridgehead atoms. The van der Waals surface area contributed by atoms with Crippen molar-refractivity contribution in [3.05, 3.63) is 21.5 Å². The van der Waals surface area contributed by atoms with Crippen molar-refractivity contribution in [2.75, 3.05) is 44.4 Å². The largest absolute Gasteiger partial charge is 1.00 e. The molecule has 2 rings (SSSR count). The molecule has 11 nitrogen and oxygen atoms in total. The van der Waals surface area contributed by atoms with Gasteiger partial charge in [-0.3, -0.25) is 14.4 Å². The summed E-state index contributed by atoms with van der Waals surface area (Å²) in [5.74, 6) is 0.354. The van der Waals surface area contributed by atoms with Crippen LogP contribution in [0.4, 0.5) is 4.79 Å². The molecule has 2 aromatic heterocycles. The molecule has 15 heteroatoms. The zero-order valence-corrected chi connectivity index (χ0v) is 28.2. The van der Waals surface area contributed by atoms with Crippen molar-refractivity contribution in [1.82, 2.24) is 31.2 Å². The molecule has 0 fully saturated rings. The highest BCUT2D eigenvalue weighted by atomic mass is 127. The van der Waals surface area contributed by atoms with E-state index in [9.17, 15) is 19.2 Å². The van der Waals surface area contributed by atoms with E-state index in [0.29, 0.717) is 59.8 Å². The van der Waals surface area contributed by atoms with Crippen LogP contribution in [0, 0.1) is 0 Å². The highest BCUT2D eigenvalue weighted by molar-refractivity contribution is 7.95. The quantitative estimate of drug-likeness (QED) is 0.108. The number of aromatic nitrogens is 2. The topological polar surface area (TPSA) is 151 Å². The van der Waals surface area contributed by atoms with Crippen LogP contribution < -0.4 is 45.2 Å². The molecule has 0 spiro atoms. The Morgan fingerprint density at radius 3 is 2.33 bits per heavy atom. The minimum Gasteiger partial charge on any atom is -1.00 e. The zero-order valence-electron chi connectivity index (χ0n) is 23.6. The van der Waals surface area contributed by atoms with E-state index in [0.717, 1.165) is 17.2 Å². The van der Waals surface area contributed by atoms with Gasteiger partial charge in [0.1, 0.15) is 27.7 Å². The summed E-state index contributed by atoms with van der Waals surface area (Å²) >= 11 is 2.84. The van der Waals surface area contributed by atoms with E-state index < -0.39 is 11.7 Å². The van der Waals surface area contributed by atoms with Crippen LogP contribution in [-0.4, -0.2) is 83.8 Å². The summed E-state index contributed by atoms with van der Waals surface area (Å²) in [5, 5.41) is 16.0. The molecule has 0 aromatic carbocycles. The van der Waals surface area contributed by atoms with Crippen molar-refractivity contribution in [2.45, 2.75) is 52.1 Å². The number of halogens is 1. The number of alkyl carbamates (subject to hydrolysis) is 1. The average Bonchev–Trinajstić information content (AvgIpc) is 3.52. The van der Waals surface area contributed by atoms with Gasteiger partial charge in [-0.25, -0.2) is 14.8 Å². The minimum absolute atomic E-state index is 0. The van der Waals surface area contributed by atoms with Gasteiger partial charge in [0.15, 0.2) is 0 Å². The Morgan fingerprint density at radius 1 is 0.900 bits per heavy atom. The molecular weight excluding hydrogens is 687 g/mol. The van der Waals surface area contributed by atoms with E-state index >= 15 is 0 Å². The maximum atomic E-state index is 12.3. The first-order valence-corrected chi connectivity index (χ1v) is 16.6. The third kappa shape index (κ3) is 15.1. The minimum atomic E-state index is -0.575. The normalized spacial score (nSPS) is 10.9. The second-order valence-electron chi connectivity index (χ2n) is 9.87. The lowest BCUT2D eigenvalue weighted by molar-refractivity contribution is -0.126. The third-order valence-corrected chi connectivity index (χ3v) is 7.76. The monoisotopic (exact) mass is 726 g/mol. The van der Waals surface area contributed by atoms with E-state index in [2.05, 4.69) is 43.7 Å². The van der Waals surface area contributed by atoms with Gasteiger partial charge in [0, 0.05) is 49.7 Å². The molecule has 0 radical (unpaired) electrons. The summed E-state index contributed by atoms with van der Waals surface area (Å²) < 4.78 is 5.12. The Kier molecular flexibility index (Phi) is 16.6. The molecule has 0 unspecified atom stereocenters. The number of hydrogen-bond donors (Lipinski definition) is 4. The van der Waals surface area contributed by atoms with Crippen molar-refractivity contribution in [3.63, 3.8) is 0 Å². The molecular formula is C25H39IN6O5S3. The maximum absolute atomic E-state index is 12.3. The SMILES string of the molecule is C[S+](C)CCCNC(=O)c1csc(-c2csc(CCNC(=O)CNC(=O)CCCNC(=O)OC(C)(C)C)n2)n1.[I-]. The molecule has 0 saturated carbocycles. The first kappa shape index (κ1) is 36.0. The van der Waals surface area contributed by atoms with Gasteiger partial charge in [-0.05, 0) is 38.1 Å². The Bertz CT molecular complexity index is 1100. The number of nitrogens with one attached hydrogen (secondary N) is 4. The molecule has 4 N–H and O–H groups in total. The number of carbonyl (C=O) groups excluding carboxylic acids is 4. The summed E-state index contributed by atoms with van der Waals surface area (Å²) in [6.45, 7) is 6.52. The molecule has 0 saturated heterocycles. The summed E-state index contributed by atoms with van der Waals surface area (Å²) in [7, 11) is 0.367. The molecule has 2 heterocycles. The fourth-order valence-corrected chi connectivity index (χ4v) is 5.40. The van der Waals surface area contributed by atoms with Crippen LogP contribution in [0.15, 0.2) is 10.8 Å². The Labute approximate surface area is 263 Å². The number of hydrogen-bond acceptors (Lipinski definition) is 9. The van der Waals surface area contributed by atoms with Crippen molar-refractivity contribution in [1.29, 1.82) is 0 Å². The van der Waals surface area contributed by atoms with Crippen LogP contribution in [0.1, 0.15) is 55.5 Å². The van der Waals surface area contributed by atoms with Gasteiger partial charge in [0.05, 0.1) is 24.1 Å². The molecule has 0 atom stereocenters. The van der Waals surface area contributed by atoms with Gasteiger partial charge in [0.2, 0.25) is 11.8 Å². The summed E-state index contributed by atoms with van der Waals surface area (Å²) in [6.07, 6.45) is 5.95. The van der Waals surface area contributed by atoms with Crippen LogP contribution in [0.25, 0.3) is 10.7 Å². The Morgan fingerprint density at radius 2 is 1.62 bits per heavy atom. The lowest BCUT2D eigenvalue weighted by Gasteiger charge is -2.19. The predicted molar refractivity (Wildman–Crippen MR) is 157 cm³/mol. The van der Waals surface area contributed by atoms with Gasteiger partial charge in [0.25, 0.3) is 5.91 Å². The molecule has 40 heavy (non-hydrogen) atoms. The molecule has 0 aliphatic heterocycles. The second-order valence-corrected chi connectivity index (χ2v) is 14.1. The summed E-state index contributed by atoms with van der Waals surface area (Å²) in [6, 6.07) is 0. The third-order valence-electron chi connectivity index (χ3n) is 4.88. The number of ether oxygens (including phenoxy) is 1. The smallest absolute Gasteiger partial charge is 0.407 e. The van der Waals surface area contributed by atoms with Crippen molar-refractivity contribution < 1.29 is 47.9 Å². The Balaban J connectivity index is 0.00000800. The molecule has 224 valence electrons. The van der Waals surface area contributed by atoms with Gasteiger partial charge in [-0.15, -0.1) is 22.7 Å². The van der Waals surface area contributed by atoms with E-state index in [-0.39, 0.29) is 54.7 Å². The van der Waals surface area contributed by atoms with Gasteiger partial charge in [-0.2, -0.15) is 0 Å². The van der Waals surface area contributed by atoms with Gasteiger partial charge >= 0.3 is 6.09 Å². The van der Waals surface area contributed by atoms with Crippen molar-refractivity contribution in [3.8, 4) is 10.7 Å². The summed E-state index contributed by atoms with van der Waals surface area (Å²) in [5.41, 5.74) is 0.526. The van der Waals surface area contributed by atoms with Crippen LogP contribution in [0.5, 0.6) is 0 Å². The maximum Gasteiger partial charge on any atom is 0.407 e. The second kappa shape index (κ2) is 18.5.